The molecule has 0 unspecified atom stereocenters. The number of hydrogen-bond acceptors (Lipinski definition) is 4. The molecular weight excluding hydrogens is 389 g/mol. The van der Waals surface area contributed by atoms with E-state index in [-0.39, 0.29) is 11.6 Å². The van der Waals surface area contributed by atoms with Gasteiger partial charge in [0.05, 0.1) is 15.0 Å². The van der Waals surface area contributed by atoms with Crippen molar-refractivity contribution in [2.45, 2.75) is 12.8 Å². The molecule has 1 aliphatic heterocycles. The van der Waals surface area contributed by atoms with E-state index in [1.165, 1.54) is 12.1 Å². The molecule has 142 valence electrons. The number of nitro groups is 1. The number of nitrogens with zero attached hydrogens (tertiary/aromatic N) is 3. The zero-order valence-corrected chi connectivity index (χ0v) is 16.1. The van der Waals surface area contributed by atoms with Crippen LogP contribution in [0.15, 0.2) is 42.5 Å². The average Bonchev–Trinajstić information content (AvgIpc) is 2.69. The van der Waals surface area contributed by atoms with Crippen LogP contribution in [0.4, 0.5) is 11.4 Å². The predicted octanol–water partition coefficient (Wildman–Crippen LogP) is 4.18. The van der Waals surface area contributed by atoms with Crippen LogP contribution in [-0.4, -0.2) is 41.9 Å². The predicted molar refractivity (Wildman–Crippen MR) is 107 cm³/mol. The molecule has 0 saturated carbocycles. The van der Waals surface area contributed by atoms with E-state index in [0.717, 1.165) is 11.3 Å². The second-order valence-electron chi connectivity index (χ2n) is 6.35. The Labute approximate surface area is 167 Å². The van der Waals surface area contributed by atoms with E-state index >= 15 is 0 Å². The Morgan fingerprint density at radius 2 is 1.70 bits per heavy atom. The fourth-order valence-corrected chi connectivity index (χ4v) is 3.56. The van der Waals surface area contributed by atoms with Gasteiger partial charge in [-0.15, -0.1) is 0 Å². The number of amides is 1. The lowest BCUT2D eigenvalue weighted by atomic mass is 10.1. The Hall–Kier alpha value is -2.31. The van der Waals surface area contributed by atoms with Crippen LogP contribution in [0.2, 0.25) is 10.0 Å². The third kappa shape index (κ3) is 4.70. The Morgan fingerprint density at radius 1 is 1.04 bits per heavy atom. The van der Waals surface area contributed by atoms with Crippen molar-refractivity contribution in [3.63, 3.8) is 0 Å². The van der Waals surface area contributed by atoms with Crippen LogP contribution in [-0.2, 0) is 11.2 Å². The van der Waals surface area contributed by atoms with E-state index in [4.69, 9.17) is 23.2 Å². The second-order valence-corrected chi connectivity index (χ2v) is 7.14. The van der Waals surface area contributed by atoms with E-state index in [2.05, 4.69) is 4.90 Å². The number of nitro benzene ring substituents is 1. The Morgan fingerprint density at radius 3 is 2.33 bits per heavy atom. The van der Waals surface area contributed by atoms with Gasteiger partial charge in [0.15, 0.2) is 0 Å². The summed E-state index contributed by atoms with van der Waals surface area (Å²) in [6.07, 6.45) is 0.943. The van der Waals surface area contributed by atoms with Gasteiger partial charge in [-0.1, -0.05) is 35.3 Å². The first-order valence-corrected chi connectivity index (χ1v) is 9.41. The molecule has 2 aromatic carbocycles. The number of hydrogen-bond donors (Lipinski definition) is 0. The topological polar surface area (TPSA) is 66.7 Å². The van der Waals surface area contributed by atoms with Gasteiger partial charge in [-0.3, -0.25) is 14.9 Å². The maximum Gasteiger partial charge on any atom is 0.269 e. The fourth-order valence-electron chi connectivity index (χ4n) is 3.14. The van der Waals surface area contributed by atoms with Gasteiger partial charge < -0.3 is 9.80 Å². The van der Waals surface area contributed by atoms with Crippen molar-refractivity contribution in [3.05, 3.63) is 68.2 Å². The molecule has 0 radical (unpaired) electrons. The number of rotatable bonds is 5. The Balaban J connectivity index is 1.51. The monoisotopic (exact) mass is 407 g/mol. The van der Waals surface area contributed by atoms with E-state index < -0.39 is 4.92 Å². The average molecular weight is 408 g/mol. The lowest BCUT2D eigenvalue weighted by Crippen LogP contribution is -2.48. The molecule has 0 aromatic heterocycles. The van der Waals surface area contributed by atoms with E-state index in [1.807, 2.05) is 17.0 Å². The zero-order chi connectivity index (χ0) is 19.4. The minimum Gasteiger partial charge on any atom is -0.368 e. The number of anilines is 1. The standard InChI is InChI=1S/C19H19Cl2N3O3/c20-17-3-1-2-14(19(17)21)4-9-18(25)23-12-10-22(11-13-23)15-5-7-16(8-6-15)24(26)27/h1-3,5-8H,4,9-13H2. The summed E-state index contributed by atoms with van der Waals surface area (Å²) in [5.41, 5.74) is 1.88. The summed E-state index contributed by atoms with van der Waals surface area (Å²) in [5.74, 6) is 0.0920. The molecule has 8 heteroatoms. The molecule has 0 aliphatic carbocycles. The zero-order valence-electron chi connectivity index (χ0n) is 14.6. The van der Waals surface area contributed by atoms with Crippen LogP contribution in [0.5, 0.6) is 0 Å². The maximum absolute atomic E-state index is 12.5. The molecule has 2 aromatic rings. The van der Waals surface area contributed by atoms with E-state index in [9.17, 15) is 14.9 Å². The Kier molecular flexibility index (Phi) is 6.19. The molecule has 1 amide bonds. The maximum atomic E-state index is 12.5. The SMILES string of the molecule is O=C(CCc1cccc(Cl)c1Cl)N1CCN(c2ccc([N+](=O)[O-])cc2)CC1. The molecular formula is C19H19Cl2N3O3. The van der Waals surface area contributed by atoms with Crippen molar-refractivity contribution < 1.29 is 9.72 Å². The molecule has 27 heavy (non-hydrogen) atoms. The summed E-state index contributed by atoms with van der Waals surface area (Å²) < 4.78 is 0. The highest BCUT2D eigenvalue weighted by Gasteiger charge is 2.21. The normalized spacial score (nSPS) is 14.3. The highest BCUT2D eigenvalue weighted by Crippen LogP contribution is 2.26. The van der Waals surface area contributed by atoms with Crippen molar-refractivity contribution in [3.8, 4) is 0 Å². The summed E-state index contributed by atoms with van der Waals surface area (Å²) in [4.78, 5) is 26.8. The summed E-state index contributed by atoms with van der Waals surface area (Å²) in [6.45, 7) is 2.64. The van der Waals surface area contributed by atoms with Gasteiger partial charge in [0, 0.05) is 50.4 Å². The van der Waals surface area contributed by atoms with Crippen LogP contribution in [0.1, 0.15) is 12.0 Å². The van der Waals surface area contributed by atoms with Gasteiger partial charge in [-0.2, -0.15) is 0 Å². The molecule has 0 spiro atoms. The van der Waals surface area contributed by atoms with Crippen LogP contribution in [0.3, 0.4) is 0 Å². The van der Waals surface area contributed by atoms with Gasteiger partial charge in [0.1, 0.15) is 0 Å². The number of aryl methyl sites for hydroxylation is 1. The first-order chi connectivity index (χ1) is 13.0. The molecule has 6 nitrogen and oxygen atoms in total. The van der Waals surface area contributed by atoms with Crippen molar-refractivity contribution in [1.82, 2.24) is 4.90 Å². The first kappa shape index (κ1) is 19.5. The van der Waals surface area contributed by atoms with Crippen molar-refractivity contribution in [2.75, 3.05) is 31.1 Å². The number of carbonyl (C=O) groups excluding carboxylic acids is 1. The summed E-state index contributed by atoms with van der Waals surface area (Å²) >= 11 is 12.2. The van der Waals surface area contributed by atoms with E-state index in [0.29, 0.717) is 49.1 Å². The van der Waals surface area contributed by atoms with Crippen LogP contribution in [0.25, 0.3) is 0 Å². The first-order valence-electron chi connectivity index (χ1n) is 8.66. The molecule has 1 aliphatic rings. The summed E-state index contributed by atoms with van der Waals surface area (Å²) in [7, 11) is 0. The number of carbonyl (C=O) groups is 1. The van der Waals surface area contributed by atoms with Gasteiger partial charge in [0.25, 0.3) is 5.69 Å². The number of non-ortho nitro benzene ring substituents is 1. The molecule has 1 fully saturated rings. The lowest BCUT2D eigenvalue weighted by Gasteiger charge is -2.36. The second kappa shape index (κ2) is 8.59. The summed E-state index contributed by atoms with van der Waals surface area (Å²) in [6, 6.07) is 11.9. The van der Waals surface area contributed by atoms with Gasteiger partial charge in [-0.25, -0.2) is 0 Å². The van der Waals surface area contributed by atoms with Crippen molar-refractivity contribution in [2.24, 2.45) is 0 Å². The van der Waals surface area contributed by atoms with Gasteiger partial charge in [-0.05, 0) is 30.2 Å². The third-order valence-corrected chi connectivity index (χ3v) is 5.56. The molecule has 1 heterocycles. The van der Waals surface area contributed by atoms with Gasteiger partial charge in [0.2, 0.25) is 5.91 Å². The number of halogens is 2. The lowest BCUT2D eigenvalue weighted by molar-refractivity contribution is -0.384. The molecule has 0 N–H and O–H groups in total. The fraction of sp³-hybridized carbons (Fsp3) is 0.316. The quantitative estimate of drug-likeness (QED) is 0.550. The van der Waals surface area contributed by atoms with Crippen molar-refractivity contribution in [1.29, 1.82) is 0 Å². The third-order valence-electron chi connectivity index (χ3n) is 4.70. The van der Waals surface area contributed by atoms with Crippen LogP contribution < -0.4 is 4.90 Å². The largest absolute Gasteiger partial charge is 0.368 e. The highest BCUT2D eigenvalue weighted by atomic mass is 35.5. The molecule has 0 bridgehead atoms. The van der Waals surface area contributed by atoms with E-state index in [1.54, 1.807) is 18.2 Å². The summed E-state index contributed by atoms with van der Waals surface area (Å²) in [5, 5.41) is 11.8. The minimum absolute atomic E-state index is 0.0761. The highest BCUT2D eigenvalue weighted by molar-refractivity contribution is 6.42. The van der Waals surface area contributed by atoms with Crippen molar-refractivity contribution >= 4 is 40.5 Å². The van der Waals surface area contributed by atoms with Crippen LogP contribution in [0, 0.1) is 10.1 Å². The minimum atomic E-state index is -0.410. The molecule has 1 saturated heterocycles. The van der Waals surface area contributed by atoms with Crippen LogP contribution >= 0.6 is 23.2 Å². The molecule has 3 rings (SSSR count). The smallest absolute Gasteiger partial charge is 0.269 e. The molecule has 0 atom stereocenters. The number of piperazine rings is 1. The number of benzene rings is 2. The Bertz CT molecular complexity index is 835. The van der Waals surface area contributed by atoms with Gasteiger partial charge >= 0.3 is 0 Å².